The average Bonchev–Trinajstić information content (AvgIpc) is 3.25. The quantitative estimate of drug-likeness (QED) is 0.493. The molecule has 1 aromatic heterocycles. The molecule has 0 aliphatic carbocycles. The molecule has 2 aromatic carbocycles. The summed E-state index contributed by atoms with van der Waals surface area (Å²) >= 11 is 0. The summed E-state index contributed by atoms with van der Waals surface area (Å²) in [5, 5.41) is 7.98. The van der Waals surface area contributed by atoms with Gasteiger partial charge < -0.3 is 10.2 Å². The van der Waals surface area contributed by atoms with E-state index in [1.54, 1.807) is 4.68 Å². The maximum Gasteiger partial charge on any atom is 0.270 e. The molecule has 5 nitrogen and oxygen atoms in total. The second-order valence-electron chi connectivity index (χ2n) is 9.45. The molecule has 0 radical (unpaired) electrons. The number of nitrogens with one attached hydrogen (secondary N) is 1. The molecule has 33 heavy (non-hydrogen) atoms. The van der Waals surface area contributed by atoms with E-state index in [1.807, 2.05) is 18.2 Å². The van der Waals surface area contributed by atoms with Gasteiger partial charge in [0.1, 0.15) is 5.69 Å². The van der Waals surface area contributed by atoms with Crippen molar-refractivity contribution in [3.05, 3.63) is 70.9 Å². The average molecular weight is 445 g/mol. The number of rotatable bonds is 7. The SMILES string of the molecule is Cc1cccc(-n2nc(-c3ccc(C)c(C)c3)cc2C(=O)NCCCN2CCCCC2C)c1. The molecule has 1 aliphatic heterocycles. The minimum atomic E-state index is -0.0780. The lowest BCUT2D eigenvalue weighted by Crippen LogP contribution is -2.39. The number of aromatic nitrogens is 2. The van der Waals surface area contributed by atoms with Crippen LogP contribution in [0.4, 0.5) is 0 Å². The van der Waals surface area contributed by atoms with Gasteiger partial charge in [-0.2, -0.15) is 5.10 Å². The van der Waals surface area contributed by atoms with Crippen molar-refractivity contribution in [2.24, 2.45) is 0 Å². The normalized spacial score (nSPS) is 16.7. The molecule has 0 bridgehead atoms. The standard InChI is InChI=1S/C28H36N4O/c1-20-9-7-11-25(17-20)32-27(19-26(30-32)24-13-12-21(2)22(3)18-24)28(33)29-14-8-16-31-15-6-5-10-23(31)4/h7,9,11-13,17-19,23H,5-6,8,10,14-16H2,1-4H3,(H,29,33). The number of aryl methyl sites for hydroxylation is 3. The van der Waals surface area contributed by atoms with Gasteiger partial charge in [-0.05, 0) is 94.5 Å². The number of nitrogens with zero attached hydrogens (tertiary/aromatic N) is 3. The summed E-state index contributed by atoms with van der Waals surface area (Å²) in [4.78, 5) is 15.8. The van der Waals surface area contributed by atoms with Gasteiger partial charge in [-0.25, -0.2) is 4.68 Å². The molecule has 1 unspecified atom stereocenters. The lowest BCUT2D eigenvalue weighted by Gasteiger charge is -2.33. The Morgan fingerprint density at radius 3 is 2.67 bits per heavy atom. The highest BCUT2D eigenvalue weighted by Crippen LogP contribution is 2.24. The summed E-state index contributed by atoms with van der Waals surface area (Å²) in [5.74, 6) is -0.0780. The predicted octanol–water partition coefficient (Wildman–Crippen LogP) is 5.46. The van der Waals surface area contributed by atoms with Gasteiger partial charge in [-0.1, -0.05) is 30.7 Å². The fraction of sp³-hybridized carbons (Fsp3) is 0.429. The van der Waals surface area contributed by atoms with E-state index in [0.717, 1.165) is 35.5 Å². The van der Waals surface area contributed by atoms with Crippen LogP contribution in [0.2, 0.25) is 0 Å². The van der Waals surface area contributed by atoms with Crippen LogP contribution in [0.3, 0.4) is 0 Å². The van der Waals surface area contributed by atoms with Crippen molar-refractivity contribution >= 4 is 5.91 Å². The lowest BCUT2D eigenvalue weighted by atomic mass is 10.0. The molecule has 1 amide bonds. The van der Waals surface area contributed by atoms with E-state index in [-0.39, 0.29) is 5.91 Å². The number of carbonyl (C=O) groups is 1. The first-order valence-corrected chi connectivity index (χ1v) is 12.2. The van der Waals surface area contributed by atoms with E-state index in [2.05, 4.69) is 68.2 Å². The number of hydrogen-bond acceptors (Lipinski definition) is 3. The third kappa shape index (κ3) is 5.53. The van der Waals surface area contributed by atoms with Gasteiger partial charge in [-0.15, -0.1) is 0 Å². The Labute approximate surface area is 197 Å². The van der Waals surface area contributed by atoms with E-state index >= 15 is 0 Å². The van der Waals surface area contributed by atoms with E-state index in [9.17, 15) is 4.79 Å². The van der Waals surface area contributed by atoms with Crippen molar-refractivity contribution in [1.29, 1.82) is 0 Å². The molecule has 174 valence electrons. The highest BCUT2D eigenvalue weighted by Gasteiger charge is 2.19. The van der Waals surface area contributed by atoms with E-state index in [4.69, 9.17) is 5.10 Å². The Hall–Kier alpha value is -2.92. The molecular weight excluding hydrogens is 408 g/mol. The predicted molar refractivity (Wildman–Crippen MR) is 135 cm³/mol. The maximum absolute atomic E-state index is 13.2. The molecular formula is C28H36N4O. The van der Waals surface area contributed by atoms with Crippen molar-refractivity contribution in [3.63, 3.8) is 0 Å². The Kier molecular flexibility index (Phi) is 7.29. The molecule has 0 saturated carbocycles. The van der Waals surface area contributed by atoms with E-state index < -0.39 is 0 Å². The zero-order valence-corrected chi connectivity index (χ0v) is 20.4. The fourth-order valence-electron chi connectivity index (χ4n) is 4.61. The minimum Gasteiger partial charge on any atom is -0.351 e. The van der Waals surface area contributed by atoms with Gasteiger partial charge >= 0.3 is 0 Å². The number of carbonyl (C=O) groups excluding carboxylic acids is 1. The Balaban J connectivity index is 1.53. The van der Waals surface area contributed by atoms with Gasteiger partial charge in [0.25, 0.3) is 5.91 Å². The van der Waals surface area contributed by atoms with Crippen molar-refractivity contribution in [2.75, 3.05) is 19.6 Å². The zero-order valence-electron chi connectivity index (χ0n) is 20.4. The summed E-state index contributed by atoms with van der Waals surface area (Å²) < 4.78 is 1.78. The maximum atomic E-state index is 13.2. The summed E-state index contributed by atoms with van der Waals surface area (Å²) in [6.07, 6.45) is 4.86. The first kappa shape index (κ1) is 23.2. The second kappa shape index (κ2) is 10.3. The largest absolute Gasteiger partial charge is 0.351 e. The van der Waals surface area contributed by atoms with Crippen LogP contribution in [0.25, 0.3) is 16.9 Å². The summed E-state index contributed by atoms with van der Waals surface area (Å²) in [6.45, 7) is 11.5. The summed E-state index contributed by atoms with van der Waals surface area (Å²) in [7, 11) is 0. The monoisotopic (exact) mass is 444 g/mol. The molecule has 1 aliphatic rings. The van der Waals surface area contributed by atoms with Crippen LogP contribution in [0.5, 0.6) is 0 Å². The number of piperidine rings is 1. The molecule has 1 atom stereocenters. The highest BCUT2D eigenvalue weighted by molar-refractivity contribution is 5.94. The van der Waals surface area contributed by atoms with Crippen molar-refractivity contribution < 1.29 is 4.79 Å². The van der Waals surface area contributed by atoms with E-state index in [1.165, 1.54) is 36.9 Å². The number of benzene rings is 2. The van der Waals surface area contributed by atoms with Gasteiger partial charge in [0.05, 0.1) is 11.4 Å². The summed E-state index contributed by atoms with van der Waals surface area (Å²) in [5.41, 5.74) is 6.91. The molecule has 1 saturated heterocycles. The summed E-state index contributed by atoms with van der Waals surface area (Å²) in [6, 6.07) is 17.0. The van der Waals surface area contributed by atoms with Gasteiger partial charge in [-0.3, -0.25) is 4.79 Å². The molecule has 3 aromatic rings. The van der Waals surface area contributed by atoms with Crippen molar-refractivity contribution in [3.8, 4) is 16.9 Å². The topological polar surface area (TPSA) is 50.2 Å². The first-order chi connectivity index (χ1) is 15.9. The molecule has 4 rings (SSSR count). The third-order valence-electron chi connectivity index (χ3n) is 6.84. The molecule has 0 spiro atoms. The van der Waals surface area contributed by atoms with Crippen LogP contribution in [0.1, 0.15) is 59.8 Å². The van der Waals surface area contributed by atoms with Crippen LogP contribution >= 0.6 is 0 Å². The first-order valence-electron chi connectivity index (χ1n) is 12.2. The van der Waals surface area contributed by atoms with Crippen LogP contribution in [-0.4, -0.2) is 46.3 Å². The molecule has 5 heteroatoms. The van der Waals surface area contributed by atoms with Gasteiger partial charge in [0.2, 0.25) is 0 Å². The smallest absolute Gasteiger partial charge is 0.270 e. The zero-order chi connectivity index (χ0) is 23.4. The molecule has 1 N–H and O–H groups in total. The Bertz CT molecular complexity index is 1120. The fourth-order valence-corrected chi connectivity index (χ4v) is 4.61. The number of hydrogen-bond donors (Lipinski definition) is 1. The molecule has 2 heterocycles. The second-order valence-corrected chi connectivity index (χ2v) is 9.45. The van der Waals surface area contributed by atoms with Gasteiger partial charge in [0.15, 0.2) is 0 Å². The number of likely N-dealkylation sites (tertiary alicyclic amines) is 1. The van der Waals surface area contributed by atoms with Crippen LogP contribution in [0, 0.1) is 20.8 Å². The van der Waals surface area contributed by atoms with Crippen molar-refractivity contribution in [2.45, 2.75) is 59.4 Å². The lowest BCUT2D eigenvalue weighted by molar-refractivity contribution is 0.0941. The van der Waals surface area contributed by atoms with Crippen LogP contribution < -0.4 is 5.32 Å². The minimum absolute atomic E-state index is 0.0780. The highest BCUT2D eigenvalue weighted by atomic mass is 16.2. The number of amides is 1. The van der Waals surface area contributed by atoms with Crippen LogP contribution in [0.15, 0.2) is 48.5 Å². The van der Waals surface area contributed by atoms with E-state index in [0.29, 0.717) is 18.3 Å². The third-order valence-corrected chi connectivity index (χ3v) is 6.84. The van der Waals surface area contributed by atoms with Crippen molar-refractivity contribution in [1.82, 2.24) is 20.0 Å². The Morgan fingerprint density at radius 1 is 1.06 bits per heavy atom. The van der Waals surface area contributed by atoms with Gasteiger partial charge in [0, 0.05) is 24.7 Å². The Morgan fingerprint density at radius 2 is 1.91 bits per heavy atom. The van der Waals surface area contributed by atoms with Crippen LogP contribution in [-0.2, 0) is 0 Å². The molecule has 1 fully saturated rings.